The second-order valence-electron chi connectivity index (χ2n) is 7.77. The van der Waals surface area contributed by atoms with E-state index in [1.54, 1.807) is 0 Å². The van der Waals surface area contributed by atoms with Crippen molar-refractivity contribution in [3.8, 4) is 0 Å². The molecule has 1 amide bonds. The highest BCUT2D eigenvalue weighted by atomic mass is 35.5. The standard InChI is InChI=1S/C20H32N4O.2ClH/c1-16(21)18-7-9-24(10-8-18)20(25)19-5-3-17(4-6-19)15-23-13-11-22(2)12-14-23;;/h3-6,16,18H,7-15,21H2,1-2H3;2*1H. The average molecular weight is 417 g/mol. The van der Waals surface area contributed by atoms with Crippen molar-refractivity contribution in [2.24, 2.45) is 11.7 Å². The Kier molecular flexibility index (Phi) is 10.1. The van der Waals surface area contributed by atoms with E-state index in [-0.39, 0.29) is 36.8 Å². The van der Waals surface area contributed by atoms with Crippen LogP contribution in [0.15, 0.2) is 24.3 Å². The van der Waals surface area contributed by atoms with Gasteiger partial charge in [0.25, 0.3) is 5.91 Å². The lowest BCUT2D eigenvalue weighted by Gasteiger charge is -2.34. The van der Waals surface area contributed by atoms with Crippen LogP contribution in [0.2, 0.25) is 0 Å². The van der Waals surface area contributed by atoms with E-state index < -0.39 is 0 Å². The summed E-state index contributed by atoms with van der Waals surface area (Å²) in [4.78, 5) is 19.5. The van der Waals surface area contributed by atoms with Gasteiger partial charge in [0.1, 0.15) is 0 Å². The number of halogens is 2. The number of nitrogens with zero attached hydrogens (tertiary/aromatic N) is 3. The molecule has 1 aromatic rings. The SMILES string of the molecule is CC(N)C1CCN(C(=O)c2ccc(CN3CCN(C)CC3)cc2)CC1.Cl.Cl. The summed E-state index contributed by atoms with van der Waals surface area (Å²) in [6, 6.07) is 8.43. The third-order valence-corrected chi connectivity index (χ3v) is 5.77. The van der Waals surface area contributed by atoms with Crippen LogP contribution in [0.25, 0.3) is 0 Å². The lowest BCUT2D eigenvalue weighted by atomic mass is 9.90. The van der Waals surface area contributed by atoms with Crippen LogP contribution in [-0.2, 0) is 6.54 Å². The van der Waals surface area contributed by atoms with Gasteiger partial charge in [0.15, 0.2) is 0 Å². The fourth-order valence-electron chi connectivity index (χ4n) is 3.83. The summed E-state index contributed by atoms with van der Waals surface area (Å²) < 4.78 is 0. The van der Waals surface area contributed by atoms with E-state index in [9.17, 15) is 4.79 Å². The van der Waals surface area contributed by atoms with E-state index in [4.69, 9.17) is 5.73 Å². The molecule has 5 nitrogen and oxygen atoms in total. The van der Waals surface area contributed by atoms with E-state index in [0.29, 0.717) is 5.92 Å². The maximum atomic E-state index is 12.7. The molecule has 1 unspecified atom stereocenters. The van der Waals surface area contributed by atoms with E-state index in [1.807, 2.05) is 17.0 Å². The first-order valence-electron chi connectivity index (χ1n) is 9.57. The van der Waals surface area contributed by atoms with Crippen LogP contribution in [0.4, 0.5) is 0 Å². The topological polar surface area (TPSA) is 52.8 Å². The smallest absolute Gasteiger partial charge is 0.253 e. The molecular formula is C20H34Cl2N4O. The molecule has 0 spiro atoms. The molecule has 2 heterocycles. The molecule has 3 rings (SSSR count). The van der Waals surface area contributed by atoms with E-state index in [0.717, 1.165) is 64.2 Å². The highest BCUT2D eigenvalue weighted by Crippen LogP contribution is 2.21. The summed E-state index contributed by atoms with van der Waals surface area (Å²) in [5.41, 5.74) is 8.09. The van der Waals surface area contributed by atoms with Crippen LogP contribution < -0.4 is 5.73 Å². The second-order valence-corrected chi connectivity index (χ2v) is 7.77. The first-order valence-corrected chi connectivity index (χ1v) is 9.57. The largest absolute Gasteiger partial charge is 0.339 e. The van der Waals surface area contributed by atoms with Crippen molar-refractivity contribution in [1.29, 1.82) is 0 Å². The van der Waals surface area contributed by atoms with Crippen molar-refractivity contribution in [1.82, 2.24) is 14.7 Å². The van der Waals surface area contributed by atoms with Crippen molar-refractivity contribution < 1.29 is 4.79 Å². The molecule has 2 N–H and O–H groups in total. The summed E-state index contributed by atoms with van der Waals surface area (Å²) in [5.74, 6) is 0.712. The number of carbonyl (C=O) groups excluding carboxylic acids is 1. The number of rotatable bonds is 4. The van der Waals surface area contributed by atoms with Crippen molar-refractivity contribution >= 4 is 30.7 Å². The monoisotopic (exact) mass is 416 g/mol. The van der Waals surface area contributed by atoms with Crippen molar-refractivity contribution in [2.75, 3.05) is 46.3 Å². The summed E-state index contributed by atoms with van der Waals surface area (Å²) in [6.45, 7) is 9.20. The minimum absolute atomic E-state index is 0. The number of likely N-dealkylation sites (tertiary alicyclic amines) is 1. The average Bonchev–Trinajstić information content (AvgIpc) is 2.64. The van der Waals surface area contributed by atoms with Gasteiger partial charge in [-0.1, -0.05) is 12.1 Å². The first kappa shape index (κ1) is 24.2. The van der Waals surface area contributed by atoms with Gasteiger partial charge in [-0.3, -0.25) is 9.69 Å². The van der Waals surface area contributed by atoms with E-state index in [1.165, 1.54) is 5.56 Å². The number of benzene rings is 1. The Morgan fingerprint density at radius 3 is 2.11 bits per heavy atom. The van der Waals surface area contributed by atoms with Gasteiger partial charge in [0.05, 0.1) is 0 Å². The van der Waals surface area contributed by atoms with Gasteiger partial charge in [0.2, 0.25) is 0 Å². The molecular weight excluding hydrogens is 383 g/mol. The molecule has 0 aromatic heterocycles. The van der Waals surface area contributed by atoms with E-state index >= 15 is 0 Å². The molecule has 0 aliphatic carbocycles. The minimum Gasteiger partial charge on any atom is -0.339 e. The Balaban J connectivity index is 0.00000182. The number of amides is 1. The number of nitrogens with two attached hydrogens (primary N) is 1. The Morgan fingerprint density at radius 2 is 1.59 bits per heavy atom. The van der Waals surface area contributed by atoms with Gasteiger partial charge < -0.3 is 15.5 Å². The lowest BCUT2D eigenvalue weighted by Crippen LogP contribution is -2.43. The molecule has 2 aliphatic rings. The number of piperazine rings is 1. The van der Waals surface area contributed by atoms with Gasteiger partial charge in [0, 0.05) is 57.4 Å². The fraction of sp³-hybridized carbons (Fsp3) is 0.650. The molecule has 2 aliphatic heterocycles. The molecule has 154 valence electrons. The molecule has 27 heavy (non-hydrogen) atoms. The number of hydrogen-bond acceptors (Lipinski definition) is 4. The van der Waals surface area contributed by atoms with Crippen LogP contribution in [0, 0.1) is 5.92 Å². The van der Waals surface area contributed by atoms with E-state index in [2.05, 4.69) is 35.9 Å². The molecule has 0 radical (unpaired) electrons. The van der Waals surface area contributed by atoms with Crippen molar-refractivity contribution in [3.05, 3.63) is 35.4 Å². The van der Waals surface area contributed by atoms with Crippen LogP contribution in [0.5, 0.6) is 0 Å². The Labute approximate surface area is 176 Å². The molecule has 0 bridgehead atoms. The predicted octanol–water partition coefficient (Wildman–Crippen LogP) is 2.48. The Hall–Kier alpha value is -0.850. The summed E-state index contributed by atoms with van der Waals surface area (Å²) in [6.07, 6.45) is 2.04. The Morgan fingerprint density at radius 1 is 1.04 bits per heavy atom. The summed E-state index contributed by atoms with van der Waals surface area (Å²) in [7, 11) is 2.18. The zero-order valence-electron chi connectivity index (χ0n) is 16.5. The maximum absolute atomic E-state index is 12.7. The summed E-state index contributed by atoms with van der Waals surface area (Å²) in [5, 5.41) is 0. The molecule has 0 saturated carbocycles. The van der Waals surface area contributed by atoms with Crippen LogP contribution in [0.1, 0.15) is 35.7 Å². The fourth-order valence-corrected chi connectivity index (χ4v) is 3.83. The van der Waals surface area contributed by atoms with Gasteiger partial charge >= 0.3 is 0 Å². The molecule has 1 atom stereocenters. The minimum atomic E-state index is 0. The van der Waals surface area contributed by atoms with Gasteiger partial charge in [-0.05, 0) is 50.4 Å². The number of likely N-dealkylation sites (N-methyl/N-ethyl adjacent to an activating group) is 1. The summed E-state index contributed by atoms with van der Waals surface area (Å²) >= 11 is 0. The first-order chi connectivity index (χ1) is 12.0. The van der Waals surface area contributed by atoms with Crippen molar-refractivity contribution in [3.63, 3.8) is 0 Å². The second kappa shape index (κ2) is 11.2. The third kappa shape index (κ3) is 6.61. The highest BCUT2D eigenvalue weighted by Gasteiger charge is 2.25. The Bertz CT molecular complexity index is 566. The molecule has 7 heteroatoms. The molecule has 2 fully saturated rings. The maximum Gasteiger partial charge on any atom is 0.253 e. The van der Waals surface area contributed by atoms with Gasteiger partial charge in [-0.25, -0.2) is 0 Å². The van der Waals surface area contributed by atoms with Crippen LogP contribution in [0.3, 0.4) is 0 Å². The zero-order chi connectivity index (χ0) is 17.8. The highest BCUT2D eigenvalue weighted by molar-refractivity contribution is 5.94. The molecule has 2 saturated heterocycles. The quantitative estimate of drug-likeness (QED) is 0.818. The van der Waals surface area contributed by atoms with Crippen LogP contribution in [-0.4, -0.2) is 73.0 Å². The number of hydrogen-bond donors (Lipinski definition) is 1. The molecule has 1 aromatic carbocycles. The predicted molar refractivity (Wildman–Crippen MR) is 116 cm³/mol. The zero-order valence-corrected chi connectivity index (χ0v) is 18.1. The van der Waals surface area contributed by atoms with Crippen LogP contribution >= 0.6 is 24.8 Å². The third-order valence-electron chi connectivity index (χ3n) is 5.77. The number of carbonyl (C=O) groups is 1. The van der Waals surface area contributed by atoms with Gasteiger partial charge in [-0.15, -0.1) is 24.8 Å². The van der Waals surface area contributed by atoms with Crippen molar-refractivity contribution in [2.45, 2.75) is 32.4 Å². The normalized spacial score (nSPS) is 20.5. The van der Waals surface area contributed by atoms with Gasteiger partial charge in [-0.2, -0.15) is 0 Å². The number of piperidine rings is 1. The lowest BCUT2D eigenvalue weighted by molar-refractivity contribution is 0.0681.